The molecule has 3 aliphatic rings. The summed E-state index contributed by atoms with van der Waals surface area (Å²) in [6.45, 7) is 3.03. The van der Waals surface area contributed by atoms with Gasteiger partial charge in [0.2, 0.25) is 0 Å². The zero-order chi connectivity index (χ0) is 14.0. The van der Waals surface area contributed by atoms with E-state index in [1.165, 1.54) is 57.8 Å². The van der Waals surface area contributed by atoms with Crippen LogP contribution in [-0.2, 0) is 4.74 Å². The highest BCUT2D eigenvalue weighted by Gasteiger charge is 2.56. The second kappa shape index (κ2) is 6.58. The Balaban J connectivity index is 1.53. The zero-order valence-corrected chi connectivity index (χ0v) is 14.0. The van der Waals surface area contributed by atoms with E-state index in [1.807, 2.05) is 0 Å². The van der Waals surface area contributed by atoms with Crippen molar-refractivity contribution in [3.63, 3.8) is 0 Å². The normalized spacial score (nSPS) is 39.9. The lowest BCUT2D eigenvalue weighted by molar-refractivity contribution is -0.133. The van der Waals surface area contributed by atoms with Crippen molar-refractivity contribution < 1.29 is 4.74 Å². The summed E-state index contributed by atoms with van der Waals surface area (Å²) >= 11 is 2.06. The SMILES string of the molecule is CCOC1CC(NC2CCC(SC)CC2)C12CCCC2. The predicted molar refractivity (Wildman–Crippen MR) is 87.4 cm³/mol. The molecule has 3 fully saturated rings. The van der Waals surface area contributed by atoms with Crippen LogP contribution in [0.2, 0.25) is 0 Å². The molecule has 3 saturated carbocycles. The van der Waals surface area contributed by atoms with Crippen molar-refractivity contribution in [2.24, 2.45) is 5.41 Å². The average molecular weight is 298 g/mol. The number of thioether (sulfide) groups is 1. The molecule has 20 heavy (non-hydrogen) atoms. The van der Waals surface area contributed by atoms with Crippen molar-refractivity contribution in [1.82, 2.24) is 5.32 Å². The molecule has 0 heterocycles. The van der Waals surface area contributed by atoms with E-state index >= 15 is 0 Å². The maximum Gasteiger partial charge on any atom is 0.0661 e. The summed E-state index contributed by atoms with van der Waals surface area (Å²) in [6.07, 6.45) is 15.3. The van der Waals surface area contributed by atoms with E-state index < -0.39 is 0 Å². The van der Waals surface area contributed by atoms with E-state index in [-0.39, 0.29) is 0 Å². The first kappa shape index (κ1) is 15.2. The van der Waals surface area contributed by atoms with Crippen LogP contribution in [-0.4, -0.2) is 36.3 Å². The molecule has 0 saturated heterocycles. The monoisotopic (exact) mass is 297 g/mol. The van der Waals surface area contributed by atoms with Crippen LogP contribution in [0.5, 0.6) is 0 Å². The van der Waals surface area contributed by atoms with Gasteiger partial charge < -0.3 is 10.1 Å². The number of rotatable bonds is 5. The second-order valence-corrected chi connectivity index (χ2v) is 8.19. The first-order chi connectivity index (χ1) is 9.78. The standard InChI is InChI=1S/C17H31NOS/c1-3-19-16-12-15(17(16)10-4-5-11-17)18-13-6-8-14(20-2)9-7-13/h13-16,18H,3-12H2,1-2H3. The fourth-order valence-corrected chi connectivity index (χ4v) is 5.61. The molecular weight excluding hydrogens is 266 g/mol. The highest BCUT2D eigenvalue weighted by molar-refractivity contribution is 7.99. The Bertz CT molecular complexity index is 308. The summed E-state index contributed by atoms with van der Waals surface area (Å²) in [7, 11) is 0. The van der Waals surface area contributed by atoms with Gasteiger partial charge in [0, 0.05) is 29.4 Å². The molecule has 3 rings (SSSR count). The Labute approximate surface area is 128 Å². The summed E-state index contributed by atoms with van der Waals surface area (Å²) in [6, 6.07) is 1.53. The molecular formula is C17H31NOS. The first-order valence-electron chi connectivity index (χ1n) is 8.69. The maximum absolute atomic E-state index is 6.03. The molecule has 2 nitrogen and oxygen atoms in total. The van der Waals surface area contributed by atoms with Crippen LogP contribution in [0.4, 0.5) is 0 Å². The average Bonchev–Trinajstić information content (AvgIpc) is 2.99. The van der Waals surface area contributed by atoms with E-state index in [0.717, 1.165) is 23.9 Å². The Morgan fingerprint density at radius 2 is 1.85 bits per heavy atom. The van der Waals surface area contributed by atoms with Crippen molar-refractivity contribution in [3.05, 3.63) is 0 Å². The minimum absolute atomic E-state index is 0.506. The van der Waals surface area contributed by atoms with E-state index in [9.17, 15) is 0 Å². The summed E-state index contributed by atoms with van der Waals surface area (Å²) < 4.78 is 6.03. The maximum atomic E-state index is 6.03. The highest BCUT2D eigenvalue weighted by atomic mass is 32.2. The lowest BCUT2D eigenvalue weighted by atomic mass is 9.60. The van der Waals surface area contributed by atoms with Crippen molar-refractivity contribution >= 4 is 11.8 Å². The van der Waals surface area contributed by atoms with Crippen molar-refractivity contribution in [1.29, 1.82) is 0 Å². The predicted octanol–water partition coefficient (Wildman–Crippen LogP) is 3.99. The van der Waals surface area contributed by atoms with Gasteiger partial charge >= 0.3 is 0 Å². The molecule has 0 radical (unpaired) electrons. The molecule has 3 heteroatoms. The minimum Gasteiger partial charge on any atom is -0.378 e. The molecule has 0 amide bonds. The van der Waals surface area contributed by atoms with Crippen LogP contribution >= 0.6 is 11.8 Å². The smallest absolute Gasteiger partial charge is 0.0661 e. The largest absolute Gasteiger partial charge is 0.378 e. The lowest BCUT2D eigenvalue weighted by Crippen LogP contribution is -2.64. The third-order valence-electron chi connectivity index (χ3n) is 6.13. The van der Waals surface area contributed by atoms with Crippen LogP contribution in [0.15, 0.2) is 0 Å². The molecule has 1 N–H and O–H groups in total. The molecule has 2 atom stereocenters. The number of hydrogen-bond donors (Lipinski definition) is 1. The van der Waals surface area contributed by atoms with E-state index in [4.69, 9.17) is 4.74 Å². The van der Waals surface area contributed by atoms with Gasteiger partial charge in [-0.05, 0) is 58.1 Å². The van der Waals surface area contributed by atoms with E-state index in [1.54, 1.807) is 0 Å². The van der Waals surface area contributed by atoms with Gasteiger partial charge in [0.1, 0.15) is 0 Å². The minimum atomic E-state index is 0.506. The lowest BCUT2D eigenvalue weighted by Gasteiger charge is -2.55. The van der Waals surface area contributed by atoms with Gasteiger partial charge in [-0.25, -0.2) is 0 Å². The van der Waals surface area contributed by atoms with Crippen LogP contribution in [0.3, 0.4) is 0 Å². The van der Waals surface area contributed by atoms with Crippen molar-refractivity contribution in [2.45, 2.75) is 88.1 Å². The summed E-state index contributed by atoms with van der Waals surface area (Å²) in [5, 5.41) is 4.95. The van der Waals surface area contributed by atoms with Gasteiger partial charge in [-0.15, -0.1) is 0 Å². The fraction of sp³-hybridized carbons (Fsp3) is 1.00. The molecule has 1 spiro atoms. The topological polar surface area (TPSA) is 21.3 Å². The zero-order valence-electron chi connectivity index (χ0n) is 13.2. The Kier molecular flexibility index (Phi) is 4.99. The van der Waals surface area contributed by atoms with Crippen LogP contribution in [0.25, 0.3) is 0 Å². The van der Waals surface area contributed by atoms with Gasteiger partial charge in [-0.2, -0.15) is 11.8 Å². The van der Waals surface area contributed by atoms with Crippen LogP contribution in [0.1, 0.15) is 64.7 Å². The molecule has 0 bridgehead atoms. The molecule has 3 aliphatic carbocycles. The van der Waals surface area contributed by atoms with Gasteiger partial charge in [0.05, 0.1) is 6.10 Å². The van der Waals surface area contributed by atoms with Gasteiger partial charge in [0.15, 0.2) is 0 Å². The third kappa shape index (κ3) is 2.78. The molecule has 2 unspecified atom stereocenters. The number of hydrogen-bond acceptors (Lipinski definition) is 3. The van der Waals surface area contributed by atoms with E-state index in [0.29, 0.717) is 11.5 Å². The molecule has 116 valence electrons. The number of ether oxygens (including phenoxy) is 1. The van der Waals surface area contributed by atoms with Crippen molar-refractivity contribution in [2.75, 3.05) is 12.9 Å². The summed E-state index contributed by atoms with van der Waals surface area (Å²) in [5.41, 5.74) is 0.506. The van der Waals surface area contributed by atoms with Crippen molar-refractivity contribution in [3.8, 4) is 0 Å². The highest BCUT2D eigenvalue weighted by Crippen LogP contribution is 2.55. The second-order valence-electron chi connectivity index (χ2n) is 7.05. The van der Waals surface area contributed by atoms with Crippen LogP contribution < -0.4 is 5.32 Å². The quantitative estimate of drug-likeness (QED) is 0.829. The number of nitrogens with one attached hydrogen (secondary N) is 1. The first-order valence-corrected chi connectivity index (χ1v) is 9.97. The molecule has 0 aliphatic heterocycles. The Morgan fingerprint density at radius 3 is 2.45 bits per heavy atom. The van der Waals surface area contributed by atoms with Crippen LogP contribution in [0, 0.1) is 5.41 Å². The van der Waals surface area contributed by atoms with Gasteiger partial charge in [-0.1, -0.05) is 12.8 Å². The fourth-order valence-electron chi connectivity index (χ4n) is 4.87. The molecule has 0 aromatic carbocycles. The Hall–Kier alpha value is 0.270. The third-order valence-corrected chi connectivity index (χ3v) is 7.27. The summed E-state index contributed by atoms with van der Waals surface area (Å²) in [4.78, 5) is 0. The Morgan fingerprint density at radius 1 is 1.15 bits per heavy atom. The molecule has 0 aromatic rings. The van der Waals surface area contributed by atoms with Gasteiger partial charge in [0.25, 0.3) is 0 Å². The summed E-state index contributed by atoms with van der Waals surface area (Å²) in [5.74, 6) is 0. The van der Waals surface area contributed by atoms with E-state index in [2.05, 4.69) is 30.3 Å². The molecule has 0 aromatic heterocycles. The van der Waals surface area contributed by atoms with Gasteiger partial charge in [-0.3, -0.25) is 0 Å².